The molecule has 3 N–H and O–H groups in total. The maximum Gasteiger partial charge on any atom is 0.0311 e. The summed E-state index contributed by atoms with van der Waals surface area (Å²) in [7, 11) is 0. The van der Waals surface area contributed by atoms with Crippen LogP contribution in [-0.4, -0.2) is 18.1 Å². The first kappa shape index (κ1) is 14.9. The lowest BCUT2D eigenvalue weighted by atomic mass is 9.81. The van der Waals surface area contributed by atoms with Crippen molar-refractivity contribution in [3.63, 3.8) is 0 Å². The third-order valence-corrected chi connectivity index (χ3v) is 2.58. The van der Waals surface area contributed by atoms with Crippen molar-refractivity contribution >= 4 is 0 Å². The van der Waals surface area contributed by atoms with E-state index in [0.717, 1.165) is 6.54 Å². The summed E-state index contributed by atoms with van der Waals surface area (Å²) in [5.74, 6) is 1.39. The van der Waals surface area contributed by atoms with Gasteiger partial charge in [0.05, 0.1) is 0 Å². The van der Waals surface area contributed by atoms with Crippen LogP contribution in [-0.2, 0) is 0 Å². The Morgan fingerprint density at radius 1 is 0.933 bits per heavy atom. The Hall–Kier alpha value is -0.0800. The van der Waals surface area contributed by atoms with Crippen LogP contribution in [0.2, 0.25) is 0 Å². The number of hydrogen-bond acceptors (Lipinski definition) is 2. The monoisotopic (exact) mass is 214 g/mol. The molecule has 0 aliphatic heterocycles. The van der Waals surface area contributed by atoms with Gasteiger partial charge >= 0.3 is 0 Å². The second kappa shape index (κ2) is 6.49. The van der Waals surface area contributed by atoms with Gasteiger partial charge in [-0.15, -0.1) is 0 Å². The normalized spacial score (nSPS) is 13.2. The lowest BCUT2D eigenvalue weighted by Crippen LogP contribution is -2.55. The van der Waals surface area contributed by atoms with E-state index < -0.39 is 0 Å². The highest BCUT2D eigenvalue weighted by Crippen LogP contribution is 2.24. The molecule has 0 aliphatic carbocycles. The fourth-order valence-electron chi connectivity index (χ4n) is 2.60. The summed E-state index contributed by atoms with van der Waals surface area (Å²) in [6.45, 7) is 14.2. The molecule has 0 radical (unpaired) electrons. The van der Waals surface area contributed by atoms with Gasteiger partial charge in [-0.2, -0.15) is 0 Å². The third-order valence-electron chi connectivity index (χ3n) is 2.58. The zero-order chi connectivity index (χ0) is 12.1. The Balaban J connectivity index is 4.59. The SMILES string of the molecule is CC(C)CC(CN)(CC(C)C)NC(C)C. The summed E-state index contributed by atoms with van der Waals surface area (Å²) in [6, 6.07) is 0.506. The molecule has 0 atom stereocenters. The van der Waals surface area contributed by atoms with Crippen molar-refractivity contribution in [3.8, 4) is 0 Å². The van der Waals surface area contributed by atoms with Crippen molar-refractivity contribution in [2.45, 2.75) is 66.0 Å². The molecule has 0 amide bonds. The van der Waals surface area contributed by atoms with Crippen LogP contribution < -0.4 is 11.1 Å². The molecule has 0 unspecified atom stereocenters. The van der Waals surface area contributed by atoms with Crippen molar-refractivity contribution in [2.24, 2.45) is 17.6 Å². The van der Waals surface area contributed by atoms with Gasteiger partial charge in [0.1, 0.15) is 0 Å². The van der Waals surface area contributed by atoms with Gasteiger partial charge in [0.2, 0.25) is 0 Å². The van der Waals surface area contributed by atoms with E-state index in [1.54, 1.807) is 0 Å². The van der Waals surface area contributed by atoms with E-state index in [4.69, 9.17) is 5.73 Å². The molecule has 15 heavy (non-hydrogen) atoms. The zero-order valence-electron chi connectivity index (χ0n) is 11.4. The molecule has 0 saturated heterocycles. The number of rotatable bonds is 7. The highest BCUT2D eigenvalue weighted by molar-refractivity contribution is 4.92. The molecule has 2 nitrogen and oxygen atoms in total. The first-order chi connectivity index (χ1) is 6.81. The Morgan fingerprint density at radius 2 is 1.33 bits per heavy atom. The van der Waals surface area contributed by atoms with Crippen molar-refractivity contribution in [2.75, 3.05) is 6.54 Å². The first-order valence-electron chi connectivity index (χ1n) is 6.29. The molecular formula is C13H30N2. The zero-order valence-corrected chi connectivity index (χ0v) is 11.4. The van der Waals surface area contributed by atoms with Crippen LogP contribution in [0.15, 0.2) is 0 Å². The molecule has 0 rings (SSSR count). The average Bonchev–Trinajstić information content (AvgIpc) is 1.99. The molecule has 0 bridgehead atoms. The second-order valence-corrected chi connectivity index (χ2v) is 5.98. The maximum absolute atomic E-state index is 5.99. The van der Waals surface area contributed by atoms with Crippen LogP contribution in [0.25, 0.3) is 0 Å². The van der Waals surface area contributed by atoms with Crippen LogP contribution in [0.4, 0.5) is 0 Å². The molecule has 2 heteroatoms. The van der Waals surface area contributed by atoms with Gasteiger partial charge in [0.25, 0.3) is 0 Å². The molecule has 92 valence electrons. The standard InChI is InChI=1S/C13H30N2/c1-10(2)7-13(9-14,8-11(3)4)15-12(5)6/h10-12,15H,7-9,14H2,1-6H3. The van der Waals surface area contributed by atoms with Crippen molar-refractivity contribution < 1.29 is 0 Å². The van der Waals surface area contributed by atoms with Gasteiger partial charge in [-0.25, -0.2) is 0 Å². The van der Waals surface area contributed by atoms with E-state index in [0.29, 0.717) is 17.9 Å². The lowest BCUT2D eigenvalue weighted by molar-refractivity contribution is 0.214. The molecule has 0 aromatic carbocycles. The van der Waals surface area contributed by atoms with E-state index in [1.807, 2.05) is 0 Å². The van der Waals surface area contributed by atoms with Gasteiger partial charge < -0.3 is 11.1 Å². The molecular weight excluding hydrogens is 184 g/mol. The van der Waals surface area contributed by atoms with Gasteiger partial charge in [-0.05, 0) is 24.7 Å². The summed E-state index contributed by atoms with van der Waals surface area (Å²) in [6.07, 6.45) is 2.33. The van der Waals surface area contributed by atoms with E-state index in [9.17, 15) is 0 Å². The number of hydrogen-bond donors (Lipinski definition) is 2. The summed E-state index contributed by atoms with van der Waals surface area (Å²) in [4.78, 5) is 0. The van der Waals surface area contributed by atoms with Crippen LogP contribution in [0.5, 0.6) is 0 Å². The van der Waals surface area contributed by atoms with E-state index in [1.165, 1.54) is 12.8 Å². The molecule has 0 aliphatic rings. The van der Waals surface area contributed by atoms with Gasteiger partial charge in [0, 0.05) is 18.1 Å². The van der Waals surface area contributed by atoms with E-state index in [2.05, 4.69) is 46.9 Å². The van der Waals surface area contributed by atoms with E-state index >= 15 is 0 Å². The Morgan fingerprint density at radius 3 is 1.53 bits per heavy atom. The quantitative estimate of drug-likeness (QED) is 0.684. The lowest BCUT2D eigenvalue weighted by Gasteiger charge is -2.38. The third kappa shape index (κ3) is 6.16. The van der Waals surface area contributed by atoms with E-state index in [-0.39, 0.29) is 5.54 Å². The van der Waals surface area contributed by atoms with Crippen LogP contribution in [0, 0.1) is 11.8 Å². The smallest absolute Gasteiger partial charge is 0.0311 e. The van der Waals surface area contributed by atoms with Crippen molar-refractivity contribution in [1.82, 2.24) is 5.32 Å². The van der Waals surface area contributed by atoms with Crippen LogP contribution >= 0.6 is 0 Å². The minimum Gasteiger partial charge on any atom is -0.329 e. The van der Waals surface area contributed by atoms with Crippen LogP contribution in [0.3, 0.4) is 0 Å². The summed E-state index contributed by atoms with van der Waals surface area (Å²) in [5, 5.41) is 3.68. The van der Waals surface area contributed by atoms with Gasteiger partial charge in [-0.1, -0.05) is 41.5 Å². The molecule has 0 heterocycles. The fraction of sp³-hybridized carbons (Fsp3) is 1.00. The first-order valence-corrected chi connectivity index (χ1v) is 6.29. The molecule has 0 aromatic rings. The molecule has 0 aromatic heterocycles. The van der Waals surface area contributed by atoms with Gasteiger partial charge in [0.15, 0.2) is 0 Å². The summed E-state index contributed by atoms with van der Waals surface area (Å²) >= 11 is 0. The van der Waals surface area contributed by atoms with Crippen LogP contribution in [0.1, 0.15) is 54.4 Å². The maximum atomic E-state index is 5.99. The topological polar surface area (TPSA) is 38.0 Å². The highest BCUT2D eigenvalue weighted by atomic mass is 15.0. The van der Waals surface area contributed by atoms with Crippen molar-refractivity contribution in [3.05, 3.63) is 0 Å². The number of nitrogens with two attached hydrogens (primary N) is 1. The average molecular weight is 214 g/mol. The highest BCUT2D eigenvalue weighted by Gasteiger charge is 2.30. The number of nitrogens with one attached hydrogen (secondary N) is 1. The minimum atomic E-state index is 0.135. The predicted octanol–water partition coefficient (Wildman–Crippen LogP) is 2.77. The Kier molecular flexibility index (Phi) is 6.46. The Labute approximate surface area is 96.0 Å². The molecule has 0 spiro atoms. The predicted molar refractivity (Wildman–Crippen MR) is 69.0 cm³/mol. The minimum absolute atomic E-state index is 0.135. The fourth-order valence-corrected chi connectivity index (χ4v) is 2.60. The second-order valence-electron chi connectivity index (χ2n) is 5.98. The van der Waals surface area contributed by atoms with Crippen molar-refractivity contribution in [1.29, 1.82) is 0 Å². The summed E-state index contributed by atoms with van der Waals surface area (Å²) in [5.41, 5.74) is 6.13. The Bertz CT molecular complexity index is 135. The van der Waals surface area contributed by atoms with Gasteiger partial charge in [-0.3, -0.25) is 0 Å². The largest absolute Gasteiger partial charge is 0.329 e. The molecule has 0 fully saturated rings. The molecule has 0 saturated carbocycles. The summed E-state index contributed by atoms with van der Waals surface area (Å²) < 4.78 is 0.